The van der Waals surface area contributed by atoms with E-state index in [1.54, 1.807) is 6.92 Å². The summed E-state index contributed by atoms with van der Waals surface area (Å²) in [4.78, 5) is 10.6. The van der Waals surface area contributed by atoms with E-state index in [2.05, 4.69) is 4.72 Å². The van der Waals surface area contributed by atoms with Crippen molar-refractivity contribution < 1.29 is 22.7 Å². The Morgan fingerprint density at radius 1 is 1.59 bits per heavy atom. The Hall–Kier alpha value is -0.700. The average Bonchev–Trinajstić information content (AvgIpc) is 2.27. The first-order valence-corrected chi connectivity index (χ1v) is 7.07. The number of ether oxygens (including phenoxy) is 2. The standard InChI is InChI=1S/C9H18N2O5S/c1-2-17(13,14)11-7-5-15-4-3-8(7)16-6-9(10)12/h7-8,11H,2-6H2,1H3,(H2,10,12)/t7-,8+/m1/s1. The number of carbonyl (C=O) groups excluding carboxylic acids is 1. The summed E-state index contributed by atoms with van der Waals surface area (Å²) in [5.41, 5.74) is 4.97. The summed E-state index contributed by atoms with van der Waals surface area (Å²) < 4.78 is 35.8. The maximum atomic E-state index is 11.4. The zero-order valence-corrected chi connectivity index (χ0v) is 10.5. The van der Waals surface area contributed by atoms with Crippen molar-refractivity contribution in [3.8, 4) is 0 Å². The lowest BCUT2D eigenvalue weighted by atomic mass is 10.1. The molecule has 17 heavy (non-hydrogen) atoms. The molecule has 1 amide bonds. The van der Waals surface area contributed by atoms with Crippen molar-refractivity contribution in [1.82, 2.24) is 4.72 Å². The van der Waals surface area contributed by atoms with Gasteiger partial charge in [-0.2, -0.15) is 0 Å². The van der Waals surface area contributed by atoms with Crippen molar-refractivity contribution in [3.63, 3.8) is 0 Å². The van der Waals surface area contributed by atoms with Crippen LogP contribution in [0.1, 0.15) is 13.3 Å². The van der Waals surface area contributed by atoms with E-state index in [0.29, 0.717) is 13.0 Å². The molecule has 1 aliphatic heterocycles. The molecule has 1 fully saturated rings. The molecule has 0 aromatic heterocycles. The van der Waals surface area contributed by atoms with Gasteiger partial charge in [-0.15, -0.1) is 0 Å². The third-order valence-electron chi connectivity index (χ3n) is 2.44. The van der Waals surface area contributed by atoms with Crippen LogP contribution < -0.4 is 10.5 Å². The highest BCUT2D eigenvalue weighted by Gasteiger charge is 2.29. The molecule has 0 spiro atoms. The van der Waals surface area contributed by atoms with Crippen molar-refractivity contribution in [3.05, 3.63) is 0 Å². The fraction of sp³-hybridized carbons (Fsp3) is 0.889. The molecule has 0 bridgehead atoms. The van der Waals surface area contributed by atoms with Crippen LogP contribution in [0, 0.1) is 0 Å². The van der Waals surface area contributed by atoms with Gasteiger partial charge in [0.15, 0.2) is 0 Å². The Morgan fingerprint density at radius 3 is 2.88 bits per heavy atom. The average molecular weight is 266 g/mol. The molecule has 1 rings (SSSR count). The van der Waals surface area contributed by atoms with E-state index in [4.69, 9.17) is 15.2 Å². The SMILES string of the molecule is CCS(=O)(=O)N[C@@H]1COCC[C@@H]1OCC(N)=O. The second kappa shape index (κ2) is 6.29. The summed E-state index contributed by atoms with van der Waals surface area (Å²) in [6.07, 6.45) is 0.155. The highest BCUT2D eigenvalue weighted by Crippen LogP contribution is 2.12. The summed E-state index contributed by atoms with van der Waals surface area (Å²) in [7, 11) is -3.32. The number of hydrogen-bond acceptors (Lipinski definition) is 5. The molecule has 8 heteroatoms. The summed E-state index contributed by atoms with van der Waals surface area (Å²) >= 11 is 0. The first kappa shape index (κ1) is 14.4. The Morgan fingerprint density at radius 2 is 2.29 bits per heavy atom. The monoisotopic (exact) mass is 266 g/mol. The van der Waals surface area contributed by atoms with E-state index < -0.39 is 22.0 Å². The van der Waals surface area contributed by atoms with Gasteiger partial charge < -0.3 is 15.2 Å². The molecular formula is C9H18N2O5S. The van der Waals surface area contributed by atoms with Crippen LogP contribution in [0.25, 0.3) is 0 Å². The third-order valence-corrected chi connectivity index (χ3v) is 3.87. The molecule has 0 aromatic rings. The van der Waals surface area contributed by atoms with Crippen LogP contribution in [-0.2, 0) is 24.3 Å². The van der Waals surface area contributed by atoms with E-state index in [1.165, 1.54) is 0 Å². The number of carbonyl (C=O) groups is 1. The topological polar surface area (TPSA) is 108 Å². The summed E-state index contributed by atoms with van der Waals surface area (Å²) in [6.45, 7) is 2.05. The van der Waals surface area contributed by atoms with Gasteiger partial charge in [0.1, 0.15) is 6.61 Å². The predicted octanol–water partition coefficient (Wildman–Crippen LogP) is -1.41. The molecule has 1 aliphatic rings. The number of primary amides is 1. The van der Waals surface area contributed by atoms with Gasteiger partial charge in [0, 0.05) is 6.61 Å². The lowest BCUT2D eigenvalue weighted by Crippen LogP contribution is -2.51. The molecule has 0 unspecified atom stereocenters. The zero-order chi connectivity index (χ0) is 12.9. The molecule has 0 aliphatic carbocycles. The molecule has 3 N–H and O–H groups in total. The number of nitrogens with one attached hydrogen (secondary N) is 1. The van der Waals surface area contributed by atoms with E-state index in [0.717, 1.165) is 0 Å². The number of nitrogens with two attached hydrogens (primary N) is 1. The summed E-state index contributed by atoms with van der Waals surface area (Å²) in [6, 6.07) is -0.465. The zero-order valence-electron chi connectivity index (χ0n) is 9.72. The Kier molecular flexibility index (Phi) is 5.31. The van der Waals surface area contributed by atoms with Crippen LogP contribution >= 0.6 is 0 Å². The third kappa shape index (κ3) is 4.99. The van der Waals surface area contributed by atoms with Gasteiger partial charge in [0.25, 0.3) is 0 Å². The molecule has 2 atom stereocenters. The van der Waals surface area contributed by atoms with Crippen LogP contribution in [0.3, 0.4) is 0 Å². The summed E-state index contributed by atoms with van der Waals surface area (Å²) in [5, 5.41) is 0. The molecule has 7 nitrogen and oxygen atoms in total. The maximum absolute atomic E-state index is 11.4. The Bertz CT molecular complexity index is 356. The van der Waals surface area contributed by atoms with Crippen LogP contribution in [0.2, 0.25) is 0 Å². The molecule has 0 aromatic carbocycles. The van der Waals surface area contributed by atoms with Gasteiger partial charge in [0.05, 0.1) is 24.5 Å². The first-order chi connectivity index (χ1) is 7.94. The van der Waals surface area contributed by atoms with E-state index in [1.807, 2.05) is 0 Å². The minimum absolute atomic E-state index is 0.00790. The van der Waals surface area contributed by atoms with Gasteiger partial charge >= 0.3 is 0 Å². The van der Waals surface area contributed by atoms with Gasteiger partial charge in [-0.1, -0.05) is 0 Å². The number of sulfonamides is 1. The minimum Gasteiger partial charge on any atom is -0.380 e. The fourth-order valence-electron chi connectivity index (χ4n) is 1.53. The maximum Gasteiger partial charge on any atom is 0.243 e. The second-order valence-electron chi connectivity index (χ2n) is 3.81. The Balaban J connectivity index is 2.56. The summed E-state index contributed by atoms with van der Waals surface area (Å²) in [5.74, 6) is -0.583. The van der Waals surface area contributed by atoms with Gasteiger partial charge in [-0.3, -0.25) is 4.79 Å². The van der Waals surface area contributed by atoms with Crippen LogP contribution in [-0.4, -0.2) is 52.0 Å². The second-order valence-corrected chi connectivity index (χ2v) is 5.85. The molecule has 1 heterocycles. The number of hydrogen-bond donors (Lipinski definition) is 2. The first-order valence-electron chi connectivity index (χ1n) is 5.42. The van der Waals surface area contributed by atoms with E-state index in [9.17, 15) is 13.2 Å². The largest absolute Gasteiger partial charge is 0.380 e. The highest BCUT2D eigenvalue weighted by molar-refractivity contribution is 7.89. The van der Waals surface area contributed by atoms with Gasteiger partial charge in [-0.05, 0) is 13.3 Å². The van der Waals surface area contributed by atoms with Crippen LogP contribution in [0.4, 0.5) is 0 Å². The molecule has 0 saturated carbocycles. The smallest absolute Gasteiger partial charge is 0.243 e. The Labute approximate surface area is 101 Å². The lowest BCUT2D eigenvalue weighted by molar-refractivity contribution is -0.127. The van der Waals surface area contributed by atoms with Crippen LogP contribution in [0.15, 0.2) is 0 Å². The lowest BCUT2D eigenvalue weighted by Gasteiger charge is -2.31. The quantitative estimate of drug-likeness (QED) is 0.614. The fourth-order valence-corrected chi connectivity index (χ4v) is 2.38. The molecule has 1 saturated heterocycles. The number of rotatable bonds is 6. The van der Waals surface area contributed by atoms with E-state index in [-0.39, 0.29) is 25.1 Å². The highest BCUT2D eigenvalue weighted by atomic mass is 32.2. The van der Waals surface area contributed by atoms with Crippen LogP contribution in [0.5, 0.6) is 0 Å². The molecule has 0 radical (unpaired) electrons. The van der Waals surface area contributed by atoms with Crippen molar-refractivity contribution in [2.75, 3.05) is 25.6 Å². The number of amides is 1. The molecular weight excluding hydrogens is 248 g/mol. The van der Waals surface area contributed by atoms with Crippen molar-refractivity contribution in [2.45, 2.75) is 25.5 Å². The van der Waals surface area contributed by atoms with E-state index >= 15 is 0 Å². The van der Waals surface area contributed by atoms with Gasteiger partial charge in [0.2, 0.25) is 15.9 Å². The van der Waals surface area contributed by atoms with Gasteiger partial charge in [-0.25, -0.2) is 13.1 Å². The normalized spacial score (nSPS) is 25.7. The molecule has 100 valence electrons. The minimum atomic E-state index is -3.32. The van der Waals surface area contributed by atoms with Crippen molar-refractivity contribution in [2.24, 2.45) is 5.73 Å². The van der Waals surface area contributed by atoms with Crippen molar-refractivity contribution >= 4 is 15.9 Å². The van der Waals surface area contributed by atoms with Crippen molar-refractivity contribution in [1.29, 1.82) is 0 Å². The predicted molar refractivity (Wildman–Crippen MR) is 60.8 cm³/mol.